The van der Waals surface area contributed by atoms with Gasteiger partial charge in [-0.3, -0.25) is 19.3 Å². The lowest BCUT2D eigenvalue weighted by Crippen LogP contribution is -2.51. The predicted molar refractivity (Wildman–Crippen MR) is 111 cm³/mol. The van der Waals surface area contributed by atoms with E-state index in [4.69, 9.17) is 4.74 Å². The molecule has 30 heavy (non-hydrogen) atoms. The van der Waals surface area contributed by atoms with Crippen molar-refractivity contribution in [3.63, 3.8) is 0 Å². The molecule has 8 heteroatoms. The second kappa shape index (κ2) is 8.95. The molecule has 0 radical (unpaired) electrons. The van der Waals surface area contributed by atoms with Gasteiger partial charge in [-0.2, -0.15) is 5.10 Å². The van der Waals surface area contributed by atoms with Crippen LogP contribution in [0.1, 0.15) is 52.8 Å². The number of nitrogens with one attached hydrogen (secondary N) is 1. The average Bonchev–Trinajstić information content (AvgIpc) is 3.21. The van der Waals surface area contributed by atoms with E-state index in [0.717, 1.165) is 38.7 Å². The van der Waals surface area contributed by atoms with E-state index in [-0.39, 0.29) is 17.4 Å². The van der Waals surface area contributed by atoms with Gasteiger partial charge in [-0.05, 0) is 50.2 Å². The van der Waals surface area contributed by atoms with Crippen LogP contribution >= 0.6 is 0 Å². The summed E-state index contributed by atoms with van der Waals surface area (Å²) >= 11 is 0. The zero-order chi connectivity index (χ0) is 21.0. The van der Waals surface area contributed by atoms with Gasteiger partial charge in [-0.15, -0.1) is 0 Å². The lowest BCUT2D eigenvalue weighted by Gasteiger charge is -2.46. The fourth-order valence-corrected chi connectivity index (χ4v) is 4.55. The minimum absolute atomic E-state index is 0.0455. The normalized spacial score (nSPS) is 20.8. The van der Waals surface area contributed by atoms with E-state index in [1.54, 1.807) is 41.6 Å². The Labute approximate surface area is 176 Å². The van der Waals surface area contributed by atoms with Crippen molar-refractivity contribution in [3.05, 3.63) is 48.0 Å². The van der Waals surface area contributed by atoms with E-state index in [0.29, 0.717) is 36.7 Å². The number of nitrogens with zero attached hydrogens (tertiary/aromatic N) is 4. The first-order chi connectivity index (χ1) is 14.5. The lowest BCUT2D eigenvalue weighted by molar-refractivity contribution is -0.124. The number of carbonyl (C=O) groups excluding carboxylic acids is 2. The number of ether oxygens (including phenoxy) is 1. The molecular formula is C22H29N5O3. The van der Waals surface area contributed by atoms with Crippen molar-refractivity contribution < 1.29 is 14.3 Å². The molecule has 2 aliphatic rings. The van der Waals surface area contributed by atoms with Gasteiger partial charge in [0, 0.05) is 57.4 Å². The number of hydrogen-bond donors (Lipinski definition) is 1. The van der Waals surface area contributed by atoms with Gasteiger partial charge in [0.25, 0.3) is 11.8 Å². The number of aromatic nitrogens is 3. The van der Waals surface area contributed by atoms with Crippen LogP contribution in [0, 0.1) is 5.92 Å². The summed E-state index contributed by atoms with van der Waals surface area (Å²) in [6.45, 7) is 2.82. The zero-order valence-corrected chi connectivity index (χ0v) is 17.4. The Kier molecular flexibility index (Phi) is 6.13. The highest BCUT2D eigenvalue weighted by molar-refractivity contribution is 5.94. The molecule has 2 aromatic rings. The van der Waals surface area contributed by atoms with Crippen LogP contribution in [-0.2, 0) is 11.8 Å². The van der Waals surface area contributed by atoms with Gasteiger partial charge in [0.2, 0.25) is 0 Å². The number of carbonyl (C=O) groups is 2. The van der Waals surface area contributed by atoms with Crippen LogP contribution in [0.5, 0.6) is 0 Å². The Morgan fingerprint density at radius 2 is 2.00 bits per heavy atom. The van der Waals surface area contributed by atoms with E-state index in [1.807, 2.05) is 11.9 Å². The Morgan fingerprint density at radius 3 is 2.70 bits per heavy atom. The Balaban J connectivity index is 1.25. The molecule has 2 aliphatic heterocycles. The molecule has 2 aromatic heterocycles. The molecule has 1 unspecified atom stereocenters. The second-order valence-corrected chi connectivity index (χ2v) is 8.37. The minimum Gasteiger partial charge on any atom is -0.375 e. The van der Waals surface area contributed by atoms with E-state index in [1.165, 1.54) is 0 Å². The SMILES string of the molecule is Cn1cc(C(=O)N2CCC3(CC2)CC(CCNC(=O)c2ccncc2)CCO3)cn1. The Morgan fingerprint density at radius 1 is 1.23 bits per heavy atom. The van der Waals surface area contributed by atoms with Crippen molar-refractivity contribution in [2.24, 2.45) is 13.0 Å². The van der Waals surface area contributed by atoms with Crippen LogP contribution in [0.3, 0.4) is 0 Å². The molecule has 160 valence electrons. The molecule has 2 fully saturated rings. The van der Waals surface area contributed by atoms with Crippen molar-refractivity contribution in [3.8, 4) is 0 Å². The maximum Gasteiger partial charge on any atom is 0.257 e. The molecule has 0 saturated carbocycles. The fourth-order valence-electron chi connectivity index (χ4n) is 4.55. The molecule has 4 heterocycles. The van der Waals surface area contributed by atoms with Gasteiger partial charge in [0.15, 0.2) is 0 Å². The summed E-state index contributed by atoms with van der Waals surface area (Å²) in [7, 11) is 1.82. The molecule has 0 aromatic carbocycles. The number of likely N-dealkylation sites (tertiary alicyclic amines) is 1. The van der Waals surface area contributed by atoms with Crippen molar-refractivity contribution >= 4 is 11.8 Å². The van der Waals surface area contributed by atoms with Crippen molar-refractivity contribution in [2.75, 3.05) is 26.2 Å². The van der Waals surface area contributed by atoms with E-state index in [2.05, 4.69) is 15.4 Å². The third-order valence-electron chi connectivity index (χ3n) is 6.29. The molecule has 1 atom stereocenters. The molecule has 1 spiro atoms. The predicted octanol–water partition coefficient (Wildman–Crippen LogP) is 2.04. The van der Waals surface area contributed by atoms with Crippen LogP contribution in [-0.4, -0.2) is 63.3 Å². The third-order valence-corrected chi connectivity index (χ3v) is 6.29. The zero-order valence-electron chi connectivity index (χ0n) is 17.4. The Bertz CT molecular complexity index is 874. The van der Waals surface area contributed by atoms with Crippen molar-refractivity contribution in [1.29, 1.82) is 0 Å². The van der Waals surface area contributed by atoms with Crippen molar-refractivity contribution in [1.82, 2.24) is 25.0 Å². The van der Waals surface area contributed by atoms with Crippen LogP contribution < -0.4 is 5.32 Å². The summed E-state index contributed by atoms with van der Waals surface area (Å²) in [5.74, 6) is 0.516. The summed E-state index contributed by atoms with van der Waals surface area (Å²) in [4.78, 5) is 30.7. The molecule has 2 amide bonds. The maximum atomic E-state index is 12.7. The number of aryl methyl sites for hydroxylation is 1. The van der Waals surface area contributed by atoms with Gasteiger partial charge < -0.3 is 15.0 Å². The summed E-state index contributed by atoms with van der Waals surface area (Å²) in [6.07, 6.45) is 11.3. The highest BCUT2D eigenvalue weighted by Gasteiger charge is 2.41. The first kappa shape index (κ1) is 20.5. The highest BCUT2D eigenvalue weighted by atomic mass is 16.5. The first-order valence-corrected chi connectivity index (χ1v) is 10.6. The number of rotatable bonds is 5. The van der Waals surface area contributed by atoms with Gasteiger partial charge >= 0.3 is 0 Å². The standard InChI is InChI=1S/C22H29N5O3/c1-26-16-19(15-25-26)21(29)27-11-6-22(7-12-27)14-17(5-13-30-22)2-10-24-20(28)18-3-8-23-9-4-18/h3-4,8-9,15-17H,2,5-7,10-14H2,1H3,(H,24,28). The quantitative estimate of drug-likeness (QED) is 0.813. The molecule has 0 aliphatic carbocycles. The number of amides is 2. The van der Waals surface area contributed by atoms with E-state index >= 15 is 0 Å². The van der Waals surface area contributed by atoms with Crippen LogP contribution in [0.15, 0.2) is 36.9 Å². The topological polar surface area (TPSA) is 89.4 Å². The van der Waals surface area contributed by atoms with Crippen LogP contribution in [0.2, 0.25) is 0 Å². The van der Waals surface area contributed by atoms with E-state index in [9.17, 15) is 9.59 Å². The lowest BCUT2D eigenvalue weighted by atomic mass is 9.78. The monoisotopic (exact) mass is 411 g/mol. The minimum atomic E-state index is -0.135. The van der Waals surface area contributed by atoms with Gasteiger partial charge in [0.1, 0.15) is 0 Å². The van der Waals surface area contributed by atoms with Gasteiger partial charge in [-0.1, -0.05) is 0 Å². The first-order valence-electron chi connectivity index (χ1n) is 10.6. The molecular weight excluding hydrogens is 382 g/mol. The highest BCUT2D eigenvalue weighted by Crippen LogP contribution is 2.38. The fraction of sp³-hybridized carbons (Fsp3) is 0.545. The van der Waals surface area contributed by atoms with Gasteiger partial charge in [0.05, 0.1) is 17.4 Å². The molecule has 0 bridgehead atoms. The third kappa shape index (κ3) is 4.70. The molecule has 8 nitrogen and oxygen atoms in total. The van der Waals surface area contributed by atoms with Crippen LogP contribution in [0.4, 0.5) is 0 Å². The van der Waals surface area contributed by atoms with Gasteiger partial charge in [-0.25, -0.2) is 0 Å². The smallest absolute Gasteiger partial charge is 0.257 e. The molecule has 1 N–H and O–H groups in total. The summed E-state index contributed by atoms with van der Waals surface area (Å²) in [5.41, 5.74) is 1.14. The number of piperidine rings is 1. The van der Waals surface area contributed by atoms with Crippen LogP contribution in [0.25, 0.3) is 0 Å². The van der Waals surface area contributed by atoms with Crippen molar-refractivity contribution in [2.45, 2.75) is 37.7 Å². The molecule has 4 rings (SSSR count). The average molecular weight is 412 g/mol. The Hall–Kier alpha value is -2.74. The number of pyridine rings is 1. The summed E-state index contributed by atoms with van der Waals surface area (Å²) < 4.78 is 7.88. The summed E-state index contributed by atoms with van der Waals surface area (Å²) in [5, 5.41) is 7.11. The maximum absolute atomic E-state index is 12.7. The second-order valence-electron chi connectivity index (χ2n) is 8.37. The molecule has 2 saturated heterocycles. The largest absolute Gasteiger partial charge is 0.375 e. The number of hydrogen-bond acceptors (Lipinski definition) is 5. The van der Waals surface area contributed by atoms with E-state index < -0.39 is 0 Å². The summed E-state index contributed by atoms with van der Waals surface area (Å²) in [6, 6.07) is 3.44.